The highest BCUT2D eigenvalue weighted by atomic mass is 31.0. The Hall–Kier alpha value is -5.32. The molecule has 0 saturated carbocycles. The number of allylic oxidation sites excluding steroid dienone is 7. The van der Waals surface area contributed by atoms with Crippen molar-refractivity contribution in [1.29, 1.82) is 0 Å². The second kappa shape index (κ2) is 27.3. The molecule has 0 spiro atoms. The fraction of sp³-hybridized carbons (Fsp3) is 0.483. The van der Waals surface area contributed by atoms with Gasteiger partial charge in [-0.05, 0) is 108 Å². The molecule has 2 saturated heterocycles. The predicted octanol–water partition coefficient (Wildman–Crippen LogP) is 9.12. The van der Waals surface area contributed by atoms with Gasteiger partial charge in [0.1, 0.15) is 0 Å². The normalized spacial score (nSPS) is 22.3. The van der Waals surface area contributed by atoms with Crippen LogP contribution in [-0.2, 0) is 19.1 Å². The van der Waals surface area contributed by atoms with E-state index >= 15 is 0 Å². The van der Waals surface area contributed by atoms with Crippen molar-refractivity contribution in [3.63, 3.8) is 0 Å². The van der Waals surface area contributed by atoms with Crippen LogP contribution in [0.15, 0.2) is 138 Å². The average molecular weight is 1030 g/mol. The summed E-state index contributed by atoms with van der Waals surface area (Å²) in [5.74, 6) is 0.00925. The number of amides is 3. The lowest BCUT2D eigenvalue weighted by molar-refractivity contribution is -0.126. The lowest BCUT2D eigenvalue weighted by Gasteiger charge is -2.34. The lowest BCUT2D eigenvalue weighted by atomic mass is 9.88. The first-order valence-corrected chi connectivity index (χ1v) is 27.8. The fourth-order valence-corrected chi connectivity index (χ4v) is 11.4. The van der Waals surface area contributed by atoms with Crippen LogP contribution >= 0.6 is 18.5 Å². The highest BCUT2D eigenvalue weighted by Crippen LogP contribution is 2.39. The predicted molar refractivity (Wildman–Crippen MR) is 305 cm³/mol. The Balaban J connectivity index is 0.719. The molecule has 6 N–H and O–H groups in total. The second-order valence-electron chi connectivity index (χ2n) is 20.2. The molecule has 390 valence electrons. The Morgan fingerprint density at radius 3 is 2.53 bits per heavy atom. The van der Waals surface area contributed by atoms with E-state index in [9.17, 15) is 14.4 Å². The number of nitrogens with one attached hydrogen (secondary N) is 4. The number of benzene rings is 1. The molecular formula is C58H79N9O4P2. The number of fused-ring (bicyclic) bond motifs is 2. The molecule has 73 heavy (non-hydrogen) atoms. The van der Waals surface area contributed by atoms with Crippen LogP contribution in [0.4, 0.5) is 0 Å². The fourth-order valence-electron chi connectivity index (χ4n) is 10.3. The maximum Gasteiger partial charge on any atom is 0.254 e. The molecule has 6 aliphatic rings. The van der Waals surface area contributed by atoms with E-state index in [1.54, 1.807) is 6.20 Å². The average Bonchev–Trinajstić information content (AvgIpc) is 3.63. The molecule has 0 radical (unpaired) electrons. The number of carbonyl (C=O) groups is 3. The van der Waals surface area contributed by atoms with E-state index < -0.39 is 5.54 Å². The third-order valence-corrected chi connectivity index (χ3v) is 15.5. The van der Waals surface area contributed by atoms with Crippen LogP contribution < -0.4 is 27.0 Å². The van der Waals surface area contributed by atoms with Gasteiger partial charge in [-0.15, -0.1) is 18.5 Å². The molecule has 1 aromatic rings. The molecule has 4 atom stereocenters. The summed E-state index contributed by atoms with van der Waals surface area (Å²) >= 11 is 0. The molecular weight excluding hydrogens is 949 g/mol. The summed E-state index contributed by atoms with van der Waals surface area (Å²) < 4.78 is 5.86. The number of unbranched alkanes of at least 4 members (excludes halogenated alkanes) is 7. The SMILES string of the molecule is C=C1CCC(N2CC3=C(NC(=O)CCCCCNCCOCCCCCCCCNC(=O)C4=CCC(C)(N=C5/C(=C\N=CN)CN=C(C6=C(P)CCC=C6P)c6cc(C)ccc65)C=C4)CCC=C3C2=O)C(=C)N1. The van der Waals surface area contributed by atoms with Gasteiger partial charge in [0.2, 0.25) is 5.91 Å². The smallest absolute Gasteiger partial charge is 0.254 e. The first-order valence-electron chi connectivity index (χ1n) is 26.6. The molecule has 2 fully saturated rings. The molecule has 3 amide bonds. The molecule has 13 nitrogen and oxygen atoms in total. The van der Waals surface area contributed by atoms with E-state index in [2.05, 4.69) is 96.0 Å². The molecule has 3 heterocycles. The summed E-state index contributed by atoms with van der Waals surface area (Å²) in [6.07, 6.45) is 28.8. The van der Waals surface area contributed by atoms with Crippen molar-refractivity contribution in [2.45, 2.75) is 135 Å². The van der Waals surface area contributed by atoms with Crippen LogP contribution in [0.5, 0.6) is 0 Å². The number of ether oxygens (including phenoxy) is 1. The molecule has 15 heteroatoms. The van der Waals surface area contributed by atoms with Gasteiger partial charge in [-0.1, -0.05) is 93.3 Å². The molecule has 3 aliphatic heterocycles. The van der Waals surface area contributed by atoms with Gasteiger partial charge >= 0.3 is 0 Å². The molecule has 7 rings (SSSR count). The van der Waals surface area contributed by atoms with E-state index in [0.29, 0.717) is 44.7 Å². The summed E-state index contributed by atoms with van der Waals surface area (Å²) in [5, 5.41) is 15.4. The molecule has 0 bridgehead atoms. The number of aryl methyl sites for hydroxylation is 1. The largest absolute Gasteiger partial charge is 0.390 e. The van der Waals surface area contributed by atoms with Crippen molar-refractivity contribution >= 4 is 54.0 Å². The minimum atomic E-state index is -0.575. The van der Waals surface area contributed by atoms with Crippen molar-refractivity contribution in [3.05, 3.63) is 140 Å². The van der Waals surface area contributed by atoms with Gasteiger partial charge in [0.15, 0.2) is 0 Å². The molecule has 4 unspecified atom stereocenters. The maximum absolute atomic E-state index is 13.3. The van der Waals surface area contributed by atoms with Crippen LogP contribution in [0.1, 0.15) is 133 Å². The van der Waals surface area contributed by atoms with Gasteiger partial charge in [0.25, 0.3) is 11.8 Å². The third-order valence-electron chi connectivity index (χ3n) is 14.4. The van der Waals surface area contributed by atoms with Gasteiger partial charge < -0.3 is 36.6 Å². The molecule has 0 aromatic heterocycles. The Labute approximate surface area is 438 Å². The van der Waals surface area contributed by atoms with Gasteiger partial charge in [0.05, 0.1) is 42.5 Å². The number of hydrogen-bond donors (Lipinski definition) is 5. The van der Waals surface area contributed by atoms with E-state index in [-0.39, 0.29) is 23.8 Å². The quantitative estimate of drug-likeness (QED) is 0.0297. The van der Waals surface area contributed by atoms with Gasteiger partial charge in [-0.25, -0.2) is 4.99 Å². The van der Waals surface area contributed by atoms with Gasteiger partial charge in [-0.2, -0.15) is 0 Å². The Kier molecular flexibility index (Phi) is 20.7. The zero-order valence-corrected chi connectivity index (χ0v) is 45.7. The van der Waals surface area contributed by atoms with E-state index in [1.165, 1.54) is 11.7 Å². The van der Waals surface area contributed by atoms with Crippen LogP contribution in [0.25, 0.3) is 0 Å². The van der Waals surface area contributed by atoms with Crippen LogP contribution in [-0.4, -0.2) is 97.9 Å². The first kappa shape index (κ1) is 55.4. The number of carbonyl (C=O) groups excluding carboxylic acids is 3. The van der Waals surface area contributed by atoms with Gasteiger partial charge in [-0.3, -0.25) is 24.4 Å². The number of likely N-dealkylation sites (tertiary alicyclic amines) is 1. The number of piperidine rings is 1. The van der Waals surface area contributed by atoms with Crippen molar-refractivity contribution in [2.24, 2.45) is 20.7 Å². The Morgan fingerprint density at radius 1 is 0.973 bits per heavy atom. The summed E-state index contributed by atoms with van der Waals surface area (Å²) in [6.45, 7) is 17.1. The minimum absolute atomic E-state index is 0.0261. The summed E-state index contributed by atoms with van der Waals surface area (Å²) in [5.41, 5.74) is 17.2. The monoisotopic (exact) mass is 1030 g/mol. The van der Waals surface area contributed by atoms with Crippen LogP contribution in [0.3, 0.4) is 0 Å². The number of aliphatic imine (C=N–C) groups is 3. The number of nitrogens with two attached hydrogens (primary N) is 1. The highest BCUT2D eigenvalue weighted by molar-refractivity contribution is 7.25. The maximum atomic E-state index is 13.3. The van der Waals surface area contributed by atoms with E-state index in [4.69, 9.17) is 20.5 Å². The molecule has 3 aliphatic carbocycles. The first-order chi connectivity index (χ1) is 35.4. The van der Waals surface area contributed by atoms with E-state index in [0.717, 1.165) is 189 Å². The number of nitrogens with zero attached hydrogens (tertiary/aromatic N) is 4. The topological polar surface area (TPSA) is 175 Å². The standard InChI is InChI=1S/C58H79N9O4P2/c1-39-21-23-44-46(34-39)55(53-50(72)18-15-19-51(53)73)63-36-43(35-61-38-59)54(44)66-58(4)27-25-42(26-28-58)56(69)62-30-12-7-5-6-8-13-32-71-33-31-60-29-11-9-10-20-52(68)65-48-17-14-16-45-47(48)37-67(57(45)70)49-24-22-40(2)64-41(49)3/h16,18,21,23,25-27,34-35,38,49,60,64H,2-3,5-15,17,19-20,22,24,28-33,36-37,72-73H2,1,4H3,(H2,59,61)(H,62,69)(H,65,68)/b43-35-,66-54?. The summed E-state index contributed by atoms with van der Waals surface area (Å²) in [6, 6.07) is 6.40. The third kappa shape index (κ3) is 15.2. The molecule has 1 aromatic carbocycles. The summed E-state index contributed by atoms with van der Waals surface area (Å²) in [4.78, 5) is 56.2. The zero-order valence-electron chi connectivity index (χ0n) is 43.4. The minimum Gasteiger partial charge on any atom is -0.390 e. The van der Waals surface area contributed by atoms with Crippen LogP contribution in [0.2, 0.25) is 0 Å². The number of hydrogen-bond acceptors (Lipinski definition) is 9. The van der Waals surface area contributed by atoms with Crippen molar-refractivity contribution in [1.82, 2.24) is 26.2 Å². The van der Waals surface area contributed by atoms with Crippen molar-refractivity contribution in [2.75, 3.05) is 45.9 Å². The lowest BCUT2D eigenvalue weighted by Crippen LogP contribution is -2.43. The van der Waals surface area contributed by atoms with E-state index in [1.807, 2.05) is 29.2 Å². The number of rotatable bonds is 24. The zero-order chi connectivity index (χ0) is 51.7. The highest BCUT2D eigenvalue weighted by Gasteiger charge is 2.40. The van der Waals surface area contributed by atoms with Crippen molar-refractivity contribution < 1.29 is 19.1 Å². The van der Waals surface area contributed by atoms with Gasteiger partial charge in [0, 0.05) is 94.9 Å². The Bertz CT molecular complexity index is 2600. The second-order valence-corrected chi connectivity index (χ2v) is 21.6. The summed E-state index contributed by atoms with van der Waals surface area (Å²) in [7, 11) is 5.85. The van der Waals surface area contributed by atoms with Crippen molar-refractivity contribution in [3.8, 4) is 0 Å². The van der Waals surface area contributed by atoms with Crippen LogP contribution in [0, 0.1) is 6.92 Å². The Morgan fingerprint density at radius 2 is 1.75 bits per heavy atom.